The van der Waals surface area contributed by atoms with Crippen molar-refractivity contribution < 1.29 is 14.7 Å². The van der Waals surface area contributed by atoms with E-state index in [-0.39, 0.29) is 24.2 Å². The van der Waals surface area contributed by atoms with Crippen LogP contribution < -0.4 is 5.32 Å². The molecular weight excluding hydrogens is 242 g/mol. The minimum atomic E-state index is -0.537. The summed E-state index contributed by atoms with van der Waals surface area (Å²) >= 11 is 0. The van der Waals surface area contributed by atoms with Crippen molar-refractivity contribution in [1.82, 2.24) is 5.32 Å². The van der Waals surface area contributed by atoms with E-state index in [2.05, 4.69) is 5.32 Å². The van der Waals surface area contributed by atoms with Crippen LogP contribution >= 0.6 is 0 Å². The molecule has 19 heavy (non-hydrogen) atoms. The highest BCUT2D eigenvalue weighted by molar-refractivity contribution is 5.97. The predicted octanol–water partition coefficient (Wildman–Crippen LogP) is 2.03. The zero-order valence-electron chi connectivity index (χ0n) is 11.6. The fraction of sp³-hybridized carbons (Fsp3) is 0.467. The molecule has 104 valence electrons. The highest BCUT2D eigenvalue weighted by Crippen LogP contribution is 2.08. The average Bonchev–Trinajstić information content (AvgIpc) is 2.43. The first-order chi connectivity index (χ1) is 8.95. The number of nitrogens with one attached hydrogen (secondary N) is 1. The number of aliphatic hydroxyl groups is 1. The van der Waals surface area contributed by atoms with Gasteiger partial charge in [-0.1, -0.05) is 32.4 Å². The second-order valence-electron chi connectivity index (χ2n) is 4.80. The van der Waals surface area contributed by atoms with Gasteiger partial charge in [-0.05, 0) is 25.0 Å². The second kappa shape index (κ2) is 7.04. The largest absolute Gasteiger partial charge is 0.391 e. The Hall–Kier alpha value is -1.68. The maximum absolute atomic E-state index is 11.8. The maximum Gasteiger partial charge on any atom is 0.251 e. The summed E-state index contributed by atoms with van der Waals surface area (Å²) < 4.78 is 0. The number of carbonyl (C=O) groups is 2. The Morgan fingerprint density at radius 1 is 1.21 bits per heavy atom. The van der Waals surface area contributed by atoms with Gasteiger partial charge in [0.25, 0.3) is 5.91 Å². The Balaban J connectivity index is 2.56. The van der Waals surface area contributed by atoms with Crippen LogP contribution in [-0.2, 0) is 0 Å². The van der Waals surface area contributed by atoms with E-state index in [1.54, 1.807) is 24.3 Å². The molecule has 0 bridgehead atoms. The summed E-state index contributed by atoms with van der Waals surface area (Å²) in [5, 5.41) is 12.5. The van der Waals surface area contributed by atoms with E-state index in [1.807, 2.05) is 13.8 Å². The molecule has 0 heterocycles. The van der Waals surface area contributed by atoms with Crippen molar-refractivity contribution in [2.45, 2.75) is 33.3 Å². The Kier molecular flexibility index (Phi) is 5.70. The van der Waals surface area contributed by atoms with Crippen molar-refractivity contribution in [3.63, 3.8) is 0 Å². The molecule has 1 aromatic carbocycles. The van der Waals surface area contributed by atoms with Gasteiger partial charge in [0.2, 0.25) is 0 Å². The minimum Gasteiger partial charge on any atom is -0.391 e. The zero-order chi connectivity index (χ0) is 14.4. The molecule has 1 amide bonds. The van der Waals surface area contributed by atoms with Crippen LogP contribution in [0.2, 0.25) is 0 Å². The van der Waals surface area contributed by atoms with Crippen LogP contribution in [-0.4, -0.2) is 29.4 Å². The summed E-state index contributed by atoms with van der Waals surface area (Å²) in [5.41, 5.74) is 1.07. The number of Topliss-reactive ketones (excluding diaryl/α,β-unsaturated/α-hetero) is 1. The standard InChI is InChI=1S/C15H21NO3/c1-4-10(2)14(18)9-16-15(19)13-7-5-12(6-8-13)11(3)17/h5-8,10,14,18H,4,9H2,1-3H3,(H,16,19). The number of amides is 1. The first-order valence-electron chi connectivity index (χ1n) is 6.53. The Labute approximate surface area is 113 Å². The van der Waals surface area contributed by atoms with E-state index in [0.29, 0.717) is 11.1 Å². The molecule has 2 atom stereocenters. The molecule has 0 aromatic heterocycles. The van der Waals surface area contributed by atoms with E-state index >= 15 is 0 Å². The van der Waals surface area contributed by atoms with Gasteiger partial charge in [0.05, 0.1) is 6.10 Å². The summed E-state index contributed by atoms with van der Waals surface area (Å²) in [4.78, 5) is 23.0. The molecule has 0 saturated carbocycles. The molecule has 2 N–H and O–H groups in total. The Morgan fingerprint density at radius 2 is 1.74 bits per heavy atom. The van der Waals surface area contributed by atoms with Crippen molar-refractivity contribution >= 4 is 11.7 Å². The molecule has 1 aromatic rings. The van der Waals surface area contributed by atoms with Crippen molar-refractivity contribution in [2.75, 3.05) is 6.54 Å². The molecule has 0 spiro atoms. The van der Waals surface area contributed by atoms with Gasteiger partial charge in [0.1, 0.15) is 0 Å². The molecular formula is C15H21NO3. The smallest absolute Gasteiger partial charge is 0.251 e. The lowest BCUT2D eigenvalue weighted by Crippen LogP contribution is -2.35. The number of benzene rings is 1. The Bertz CT molecular complexity index is 439. The molecule has 0 aliphatic rings. The summed E-state index contributed by atoms with van der Waals surface area (Å²) in [6, 6.07) is 6.48. The lowest BCUT2D eigenvalue weighted by atomic mass is 10.0. The lowest BCUT2D eigenvalue weighted by molar-refractivity contribution is 0.0850. The molecule has 4 heteroatoms. The fourth-order valence-corrected chi connectivity index (χ4v) is 1.63. The molecule has 0 saturated heterocycles. The molecule has 0 fully saturated rings. The SMILES string of the molecule is CCC(C)C(O)CNC(=O)c1ccc(C(C)=O)cc1. The van der Waals surface area contributed by atoms with Crippen molar-refractivity contribution in [2.24, 2.45) is 5.92 Å². The van der Waals surface area contributed by atoms with Crippen molar-refractivity contribution in [3.8, 4) is 0 Å². The number of ketones is 1. The Morgan fingerprint density at radius 3 is 2.21 bits per heavy atom. The van der Waals surface area contributed by atoms with E-state index in [9.17, 15) is 14.7 Å². The van der Waals surface area contributed by atoms with Gasteiger partial charge in [-0.25, -0.2) is 0 Å². The van der Waals surface area contributed by atoms with Gasteiger partial charge >= 0.3 is 0 Å². The third kappa shape index (κ3) is 4.48. The van der Waals surface area contributed by atoms with Crippen LogP contribution in [0, 0.1) is 5.92 Å². The number of carbonyl (C=O) groups excluding carboxylic acids is 2. The van der Waals surface area contributed by atoms with Gasteiger partial charge in [0, 0.05) is 17.7 Å². The minimum absolute atomic E-state index is 0.0286. The molecule has 0 aliphatic heterocycles. The third-order valence-corrected chi connectivity index (χ3v) is 3.33. The van der Waals surface area contributed by atoms with Gasteiger partial charge in [-0.2, -0.15) is 0 Å². The normalized spacial score (nSPS) is 13.7. The van der Waals surface area contributed by atoms with E-state index in [0.717, 1.165) is 6.42 Å². The van der Waals surface area contributed by atoms with Crippen LogP contribution in [0.1, 0.15) is 47.9 Å². The van der Waals surface area contributed by atoms with Crippen LogP contribution in [0.15, 0.2) is 24.3 Å². The first-order valence-corrected chi connectivity index (χ1v) is 6.53. The fourth-order valence-electron chi connectivity index (χ4n) is 1.63. The summed E-state index contributed by atoms with van der Waals surface area (Å²) in [6.07, 6.45) is 0.329. The van der Waals surface area contributed by atoms with Gasteiger partial charge in [-0.3, -0.25) is 9.59 Å². The highest BCUT2D eigenvalue weighted by atomic mass is 16.3. The zero-order valence-corrected chi connectivity index (χ0v) is 11.6. The number of hydrogen-bond donors (Lipinski definition) is 2. The van der Waals surface area contributed by atoms with Gasteiger partial charge < -0.3 is 10.4 Å². The summed E-state index contributed by atoms with van der Waals surface area (Å²) in [7, 11) is 0. The predicted molar refractivity (Wildman–Crippen MR) is 74.2 cm³/mol. The van der Waals surface area contributed by atoms with Crippen LogP contribution in [0.25, 0.3) is 0 Å². The van der Waals surface area contributed by atoms with Crippen molar-refractivity contribution in [3.05, 3.63) is 35.4 Å². The first kappa shape index (κ1) is 15.4. The van der Waals surface area contributed by atoms with Crippen LogP contribution in [0.3, 0.4) is 0 Å². The van der Waals surface area contributed by atoms with Gasteiger partial charge in [-0.15, -0.1) is 0 Å². The number of rotatable bonds is 6. The molecule has 4 nitrogen and oxygen atoms in total. The number of hydrogen-bond acceptors (Lipinski definition) is 3. The monoisotopic (exact) mass is 263 g/mol. The second-order valence-corrected chi connectivity index (χ2v) is 4.80. The van der Waals surface area contributed by atoms with Crippen molar-refractivity contribution in [1.29, 1.82) is 0 Å². The topological polar surface area (TPSA) is 66.4 Å². The van der Waals surface area contributed by atoms with Gasteiger partial charge in [0.15, 0.2) is 5.78 Å². The van der Waals surface area contributed by atoms with E-state index in [4.69, 9.17) is 0 Å². The van der Waals surface area contributed by atoms with Crippen LogP contribution in [0.4, 0.5) is 0 Å². The lowest BCUT2D eigenvalue weighted by Gasteiger charge is -2.17. The molecule has 2 unspecified atom stereocenters. The van der Waals surface area contributed by atoms with Crippen LogP contribution in [0.5, 0.6) is 0 Å². The third-order valence-electron chi connectivity index (χ3n) is 3.33. The molecule has 0 radical (unpaired) electrons. The summed E-state index contributed by atoms with van der Waals surface area (Å²) in [6.45, 7) is 5.66. The molecule has 1 rings (SSSR count). The average molecular weight is 263 g/mol. The highest BCUT2D eigenvalue weighted by Gasteiger charge is 2.14. The molecule has 0 aliphatic carbocycles. The van der Waals surface area contributed by atoms with E-state index < -0.39 is 6.10 Å². The summed E-state index contributed by atoms with van der Waals surface area (Å²) in [5.74, 6) is -0.114. The quantitative estimate of drug-likeness (QED) is 0.772. The number of aliphatic hydroxyl groups excluding tert-OH is 1. The van der Waals surface area contributed by atoms with E-state index in [1.165, 1.54) is 6.92 Å². The maximum atomic E-state index is 11.8.